The lowest BCUT2D eigenvalue weighted by Gasteiger charge is -2.35. The molecular formula is C12H20N4. The van der Waals surface area contributed by atoms with Crippen LogP contribution in [-0.2, 0) is 0 Å². The minimum Gasteiger partial charge on any atom is -0.396 e. The Morgan fingerprint density at radius 2 is 2.06 bits per heavy atom. The number of nitrogen functional groups attached to an aromatic ring is 1. The van der Waals surface area contributed by atoms with Crippen molar-refractivity contribution in [3.8, 4) is 0 Å². The number of pyridine rings is 1. The zero-order chi connectivity index (χ0) is 11.4. The molecular weight excluding hydrogens is 200 g/mol. The molecule has 2 heterocycles. The molecule has 4 nitrogen and oxygen atoms in total. The Morgan fingerprint density at radius 1 is 1.31 bits per heavy atom. The van der Waals surface area contributed by atoms with Crippen molar-refractivity contribution in [1.29, 1.82) is 0 Å². The first kappa shape index (κ1) is 11.2. The highest BCUT2D eigenvalue weighted by molar-refractivity contribution is 5.62. The van der Waals surface area contributed by atoms with E-state index in [-0.39, 0.29) is 0 Å². The zero-order valence-electron chi connectivity index (χ0n) is 9.89. The van der Waals surface area contributed by atoms with Crippen LogP contribution in [0.25, 0.3) is 0 Å². The fourth-order valence-corrected chi connectivity index (χ4v) is 2.17. The Kier molecular flexibility index (Phi) is 3.62. The Hall–Kier alpha value is -1.29. The molecule has 88 valence electrons. The first-order chi connectivity index (χ1) is 7.81. The minimum atomic E-state index is 0.784. The molecule has 1 aromatic heterocycles. The number of rotatable bonds is 3. The summed E-state index contributed by atoms with van der Waals surface area (Å²) in [6.45, 7) is 7.71. The van der Waals surface area contributed by atoms with Gasteiger partial charge in [-0.2, -0.15) is 0 Å². The summed E-state index contributed by atoms with van der Waals surface area (Å²) in [7, 11) is 0. The van der Waals surface area contributed by atoms with Crippen molar-refractivity contribution in [3.63, 3.8) is 0 Å². The smallest absolute Gasteiger partial charge is 0.151 e. The topological polar surface area (TPSA) is 45.4 Å². The molecule has 4 heteroatoms. The van der Waals surface area contributed by atoms with E-state index in [2.05, 4.69) is 21.7 Å². The lowest BCUT2D eigenvalue weighted by atomic mass is 10.2. The molecule has 2 N–H and O–H groups in total. The maximum absolute atomic E-state index is 5.93. The number of nitrogens with zero attached hydrogens (tertiary/aromatic N) is 3. The van der Waals surface area contributed by atoms with E-state index in [0.717, 1.165) is 37.7 Å². The fraction of sp³-hybridized carbons (Fsp3) is 0.583. The third-order valence-corrected chi connectivity index (χ3v) is 3.03. The summed E-state index contributed by atoms with van der Waals surface area (Å²) >= 11 is 0. The van der Waals surface area contributed by atoms with E-state index in [1.165, 1.54) is 13.0 Å². The van der Waals surface area contributed by atoms with Gasteiger partial charge in [-0.25, -0.2) is 4.98 Å². The lowest BCUT2D eigenvalue weighted by molar-refractivity contribution is 0.258. The predicted octanol–water partition coefficient (Wildman–Crippen LogP) is 1.20. The number of nitrogens with two attached hydrogens (primary N) is 1. The summed E-state index contributed by atoms with van der Waals surface area (Å²) in [5, 5.41) is 0. The van der Waals surface area contributed by atoms with Crippen molar-refractivity contribution < 1.29 is 0 Å². The van der Waals surface area contributed by atoms with Crippen LogP contribution in [0.3, 0.4) is 0 Å². The first-order valence-corrected chi connectivity index (χ1v) is 5.99. The van der Waals surface area contributed by atoms with Crippen LogP contribution in [0.4, 0.5) is 11.5 Å². The van der Waals surface area contributed by atoms with Crippen LogP contribution in [0.2, 0.25) is 0 Å². The van der Waals surface area contributed by atoms with Gasteiger partial charge in [0, 0.05) is 32.4 Å². The van der Waals surface area contributed by atoms with Crippen LogP contribution in [-0.4, -0.2) is 42.6 Å². The number of aromatic nitrogens is 1. The molecule has 1 aromatic rings. The minimum absolute atomic E-state index is 0.784. The Morgan fingerprint density at radius 3 is 2.69 bits per heavy atom. The highest BCUT2D eigenvalue weighted by Gasteiger charge is 2.18. The van der Waals surface area contributed by atoms with Crippen LogP contribution in [0.5, 0.6) is 0 Å². The van der Waals surface area contributed by atoms with Crippen molar-refractivity contribution in [2.75, 3.05) is 43.4 Å². The van der Waals surface area contributed by atoms with E-state index in [0.29, 0.717) is 0 Å². The molecule has 1 aliphatic rings. The molecule has 16 heavy (non-hydrogen) atoms. The second kappa shape index (κ2) is 5.16. The molecule has 0 saturated carbocycles. The average molecular weight is 220 g/mol. The fourth-order valence-electron chi connectivity index (χ4n) is 2.17. The van der Waals surface area contributed by atoms with Gasteiger partial charge in [0.1, 0.15) is 0 Å². The molecule has 0 bridgehead atoms. The van der Waals surface area contributed by atoms with Gasteiger partial charge in [0.05, 0.1) is 5.69 Å². The summed E-state index contributed by atoms with van der Waals surface area (Å²) in [5.41, 5.74) is 6.71. The standard InChI is InChI=1S/C12H20N4/c1-2-6-15-7-9-16(10-8-15)12-11(13)4-3-5-14-12/h3-5H,2,6-10,13H2,1H3. The highest BCUT2D eigenvalue weighted by Crippen LogP contribution is 2.20. The number of hydrogen-bond donors (Lipinski definition) is 1. The summed E-state index contributed by atoms with van der Waals surface area (Å²) in [6.07, 6.45) is 3.04. The molecule has 0 atom stereocenters. The quantitative estimate of drug-likeness (QED) is 0.831. The third-order valence-electron chi connectivity index (χ3n) is 3.03. The van der Waals surface area contributed by atoms with Crippen LogP contribution in [0.1, 0.15) is 13.3 Å². The van der Waals surface area contributed by atoms with E-state index in [1.54, 1.807) is 0 Å². The number of piperazine rings is 1. The van der Waals surface area contributed by atoms with Crippen molar-refractivity contribution in [2.45, 2.75) is 13.3 Å². The zero-order valence-corrected chi connectivity index (χ0v) is 9.89. The molecule has 0 unspecified atom stereocenters. The summed E-state index contributed by atoms with van der Waals surface area (Å²) in [6, 6.07) is 3.80. The van der Waals surface area contributed by atoms with Crippen LogP contribution in [0.15, 0.2) is 18.3 Å². The van der Waals surface area contributed by atoms with Crippen molar-refractivity contribution in [1.82, 2.24) is 9.88 Å². The normalized spacial score (nSPS) is 17.7. The summed E-state index contributed by atoms with van der Waals surface area (Å²) in [5.74, 6) is 0.943. The van der Waals surface area contributed by atoms with Gasteiger partial charge in [-0.1, -0.05) is 6.92 Å². The second-order valence-electron chi connectivity index (χ2n) is 4.24. The molecule has 1 fully saturated rings. The first-order valence-electron chi connectivity index (χ1n) is 5.99. The Bertz CT molecular complexity index is 332. The van der Waals surface area contributed by atoms with E-state index in [4.69, 9.17) is 5.73 Å². The third kappa shape index (κ3) is 2.44. The van der Waals surface area contributed by atoms with Gasteiger partial charge < -0.3 is 10.6 Å². The number of anilines is 2. The van der Waals surface area contributed by atoms with E-state index < -0.39 is 0 Å². The predicted molar refractivity (Wildman–Crippen MR) is 67.6 cm³/mol. The molecule has 0 amide bonds. The van der Waals surface area contributed by atoms with Crippen LogP contribution in [0, 0.1) is 0 Å². The Balaban J connectivity index is 1.96. The van der Waals surface area contributed by atoms with Gasteiger partial charge in [-0.15, -0.1) is 0 Å². The van der Waals surface area contributed by atoms with Gasteiger partial charge in [-0.3, -0.25) is 4.90 Å². The Labute approximate surface area is 97.1 Å². The lowest BCUT2D eigenvalue weighted by Crippen LogP contribution is -2.47. The van der Waals surface area contributed by atoms with Gasteiger partial charge >= 0.3 is 0 Å². The largest absolute Gasteiger partial charge is 0.396 e. The van der Waals surface area contributed by atoms with Gasteiger partial charge in [0.15, 0.2) is 5.82 Å². The highest BCUT2D eigenvalue weighted by atomic mass is 15.3. The van der Waals surface area contributed by atoms with E-state index in [9.17, 15) is 0 Å². The summed E-state index contributed by atoms with van der Waals surface area (Å²) < 4.78 is 0. The molecule has 0 aromatic carbocycles. The van der Waals surface area contributed by atoms with Crippen LogP contribution >= 0.6 is 0 Å². The number of hydrogen-bond acceptors (Lipinski definition) is 4. The van der Waals surface area contributed by atoms with Gasteiger partial charge in [0.25, 0.3) is 0 Å². The van der Waals surface area contributed by atoms with Crippen LogP contribution < -0.4 is 10.6 Å². The molecule has 0 radical (unpaired) electrons. The molecule has 2 rings (SSSR count). The van der Waals surface area contributed by atoms with Crippen molar-refractivity contribution >= 4 is 11.5 Å². The van der Waals surface area contributed by atoms with Gasteiger partial charge in [0.2, 0.25) is 0 Å². The summed E-state index contributed by atoms with van der Waals surface area (Å²) in [4.78, 5) is 9.13. The van der Waals surface area contributed by atoms with Gasteiger partial charge in [-0.05, 0) is 25.1 Å². The molecule has 0 aliphatic carbocycles. The molecule has 1 aliphatic heterocycles. The monoisotopic (exact) mass is 220 g/mol. The van der Waals surface area contributed by atoms with Crippen molar-refractivity contribution in [3.05, 3.63) is 18.3 Å². The van der Waals surface area contributed by atoms with E-state index >= 15 is 0 Å². The van der Waals surface area contributed by atoms with Crippen molar-refractivity contribution in [2.24, 2.45) is 0 Å². The average Bonchev–Trinajstić information content (AvgIpc) is 2.31. The van der Waals surface area contributed by atoms with E-state index in [1.807, 2.05) is 18.3 Å². The maximum Gasteiger partial charge on any atom is 0.151 e. The SMILES string of the molecule is CCCN1CCN(c2ncccc2N)CC1. The molecule has 1 saturated heterocycles. The second-order valence-corrected chi connectivity index (χ2v) is 4.24. The molecule has 0 spiro atoms. The maximum atomic E-state index is 5.93.